The Bertz CT molecular complexity index is 821. The molecule has 0 radical (unpaired) electrons. The lowest BCUT2D eigenvalue weighted by atomic mass is 10.0. The quantitative estimate of drug-likeness (QED) is 0.882. The number of nitrogens with zero attached hydrogens (tertiary/aromatic N) is 3. The molecular weight excluding hydrogens is 296 g/mol. The molecule has 1 fully saturated rings. The molecule has 1 aliphatic heterocycles. The highest BCUT2D eigenvalue weighted by Gasteiger charge is 2.25. The van der Waals surface area contributed by atoms with Gasteiger partial charge in [0.25, 0.3) is 5.56 Å². The van der Waals surface area contributed by atoms with E-state index < -0.39 is 0 Å². The smallest absolute Gasteiger partial charge is 0.273 e. The molecule has 3 rings (SSSR count). The van der Waals surface area contributed by atoms with E-state index in [0.717, 1.165) is 16.8 Å². The number of hydrogen-bond donors (Lipinski definition) is 1. The first-order chi connectivity index (χ1) is 10.9. The number of hydrogen-bond acceptors (Lipinski definition) is 4. The second-order valence-electron chi connectivity index (χ2n) is 6.19. The zero-order chi connectivity index (χ0) is 16.7. The topological polar surface area (TPSA) is 80.2 Å². The average molecular weight is 318 g/mol. The van der Waals surface area contributed by atoms with Crippen LogP contribution in [0.2, 0.25) is 0 Å². The molecule has 2 aromatic heterocycles. The minimum Gasteiger partial charge on any atom is -0.377 e. The predicted octanol–water partition coefficient (Wildman–Crippen LogP) is 0.668. The van der Waals surface area contributed by atoms with Crippen LogP contribution in [-0.2, 0) is 23.0 Å². The zero-order valence-corrected chi connectivity index (χ0v) is 14.0. The van der Waals surface area contributed by atoms with Gasteiger partial charge in [-0.1, -0.05) is 0 Å². The van der Waals surface area contributed by atoms with Gasteiger partial charge in [-0.25, -0.2) is 4.98 Å². The Morgan fingerprint density at radius 3 is 2.87 bits per heavy atom. The first kappa shape index (κ1) is 15.7. The summed E-state index contributed by atoms with van der Waals surface area (Å²) >= 11 is 0. The van der Waals surface area contributed by atoms with Crippen molar-refractivity contribution >= 4 is 16.9 Å². The molecule has 7 heteroatoms. The zero-order valence-electron chi connectivity index (χ0n) is 14.0. The second kappa shape index (κ2) is 5.81. The van der Waals surface area contributed by atoms with Crippen molar-refractivity contribution < 1.29 is 9.53 Å². The summed E-state index contributed by atoms with van der Waals surface area (Å²) < 4.78 is 7.00. The third kappa shape index (κ3) is 2.65. The van der Waals surface area contributed by atoms with E-state index in [2.05, 4.69) is 10.1 Å². The predicted molar refractivity (Wildman–Crippen MR) is 86.5 cm³/mol. The summed E-state index contributed by atoms with van der Waals surface area (Å²) in [5, 5.41) is 3.29. The van der Waals surface area contributed by atoms with Crippen LogP contribution >= 0.6 is 0 Å². The SMILES string of the molecule is Cc1nc2c(c(C)c1CC(=O)N1CCOC[C@@H]1C)c(=O)[nH]n2C. The van der Waals surface area contributed by atoms with Crippen molar-refractivity contribution in [3.63, 3.8) is 0 Å². The molecule has 1 saturated heterocycles. The third-order valence-corrected chi connectivity index (χ3v) is 4.59. The molecule has 0 aromatic carbocycles. The van der Waals surface area contributed by atoms with Gasteiger partial charge in [0.15, 0.2) is 5.65 Å². The molecule has 1 N–H and O–H groups in total. The van der Waals surface area contributed by atoms with Gasteiger partial charge in [0.05, 0.1) is 31.1 Å². The monoisotopic (exact) mass is 318 g/mol. The summed E-state index contributed by atoms with van der Waals surface area (Å²) in [5.41, 5.74) is 2.93. The number of aromatic amines is 1. The fourth-order valence-corrected chi connectivity index (χ4v) is 3.26. The molecule has 1 amide bonds. The molecule has 0 unspecified atom stereocenters. The second-order valence-corrected chi connectivity index (χ2v) is 6.19. The highest BCUT2D eigenvalue weighted by molar-refractivity contribution is 5.84. The van der Waals surface area contributed by atoms with E-state index in [1.54, 1.807) is 11.7 Å². The summed E-state index contributed by atoms with van der Waals surface area (Å²) in [5.74, 6) is 0.0560. The van der Waals surface area contributed by atoms with Crippen LogP contribution in [0.5, 0.6) is 0 Å². The van der Waals surface area contributed by atoms with Crippen molar-refractivity contribution in [1.82, 2.24) is 19.7 Å². The normalized spacial score (nSPS) is 18.6. The number of rotatable bonds is 2. The lowest BCUT2D eigenvalue weighted by Gasteiger charge is -2.33. The van der Waals surface area contributed by atoms with Crippen molar-refractivity contribution in [3.05, 3.63) is 27.2 Å². The Morgan fingerprint density at radius 2 is 2.17 bits per heavy atom. The lowest BCUT2D eigenvalue weighted by Crippen LogP contribution is -2.47. The molecule has 0 spiro atoms. The van der Waals surface area contributed by atoms with Gasteiger partial charge in [-0.2, -0.15) is 0 Å². The Balaban J connectivity index is 1.98. The highest BCUT2D eigenvalue weighted by Crippen LogP contribution is 2.21. The molecule has 23 heavy (non-hydrogen) atoms. The van der Waals surface area contributed by atoms with Crippen LogP contribution in [-0.4, -0.2) is 51.4 Å². The fourth-order valence-electron chi connectivity index (χ4n) is 3.26. The van der Waals surface area contributed by atoms with Crippen molar-refractivity contribution in [1.29, 1.82) is 0 Å². The third-order valence-electron chi connectivity index (χ3n) is 4.59. The van der Waals surface area contributed by atoms with Gasteiger partial charge in [0.2, 0.25) is 5.91 Å². The molecule has 2 aromatic rings. The van der Waals surface area contributed by atoms with Gasteiger partial charge < -0.3 is 9.64 Å². The number of fused-ring (bicyclic) bond motifs is 1. The van der Waals surface area contributed by atoms with Gasteiger partial charge in [0.1, 0.15) is 0 Å². The number of pyridine rings is 1. The number of morpholine rings is 1. The lowest BCUT2D eigenvalue weighted by molar-refractivity contribution is -0.138. The average Bonchev–Trinajstić information content (AvgIpc) is 2.78. The maximum Gasteiger partial charge on any atom is 0.273 e. The van der Waals surface area contributed by atoms with Crippen LogP contribution in [0.25, 0.3) is 11.0 Å². The molecule has 3 heterocycles. The largest absolute Gasteiger partial charge is 0.377 e. The summed E-state index contributed by atoms with van der Waals surface area (Å²) in [6, 6.07) is 0.0775. The minimum atomic E-state index is -0.166. The van der Waals surface area contributed by atoms with Crippen molar-refractivity contribution in [2.45, 2.75) is 33.2 Å². The molecular formula is C16H22N4O3. The number of amides is 1. The Kier molecular flexibility index (Phi) is 3.97. The van der Waals surface area contributed by atoms with Gasteiger partial charge in [0, 0.05) is 19.3 Å². The van der Waals surface area contributed by atoms with Crippen LogP contribution in [0.3, 0.4) is 0 Å². The molecule has 0 aliphatic carbocycles. The van der Waals surface area contributed by atoms with E-state index in [9.17, 15) is 9.59 Å². The number of ether oxygens (including phenoxy) is 1. The number of nitrogens with one attached hydrogen (secondary N) is 1. The summed E-state index contributed by atoms with van der Waals surface area (Å²) in [6.45, 7) is 7.51. The standard InChI is InChI=1S/C16H22N4O3/c1-9-8-23-6-5-20(9)13(21)7-12-10(2)14-15(17-11(12)3)19(4)18-16(14)22/h9H,5-8H2,1-4H3,(H,18,22)/t9-/m0/s1. The van der Waals surface area contributed by atoms with Crippen molar-refractivity contribution in [3.8, 4) is 0 Å². The van der Waals surface area contributed by atoms with E-state index in [-0.39, 0.29) is 23.9 Å². The van der Waals surface area contributed by atoms with Crippen LogP contribution in [0.4, 0.5) is 0 Å². The number of aryl methyl sites for hydroxylation is 3. The van der Waals surface area contributed by atoms with E-state index >= 15 is 0 Å². The van der Waals surface area contributed by atoms with E-state index in [1.165, 1.54) is 0 Å². The van der Waals surface area contributed by atoms with Crippen LogP contribution < -0.4 is 5.56 Å². The van der Waals surface area contributed by atoms with E-state index in [4.69, 9.17) is 4.74 Å². The molecule has 0 bridgehead atoms. The molecule has 1 aliphatic rings. The number of aromatic nitrogens is 3. The first-order valence-corrected chi connectivity index (χ1v) is 7.82. The van der Waals surface area contributed by atoms with Crippen molar-refractivity contribution in [2.75, 3.05) is 19.8 Å². The number of H-pyrrole nitrogens is 1. The Labute approximate surface area is 134 Å². The molecule has 0 saturated carbocycles. The molecule has 1 atom stereocenters. The maximum atomic E-state index is 12.7. The van der Waals surface area contributed by atoms with Gasteiger partial charge in [-0.3, -0.25) is 19.4 Å². The van der Waals surface area contributed by atoms with Crippen LogP contribution in [0, 0.1) is 13.8 Å². The van der Waals surface area contributed by atoms with Gasteiger partial charge in [-0.05, 0) is 31.9 Å². The van der Waals surface area contributed by atoms with E-state index in [1.807, 2.05) is 25.7 Å². The first-order valence-electron chi connectivity index (χ1n) is 7.82. The number of carbonyl (C=O) groups excluding carboxylic acids is 1. The Morgan fingerprint density at radius 1 is 1.43 bits per heavy atom. The summed E-state index contributed by atoms with van der Waals surface area (Å²) in [4.78, 5) is 31.1. The summed E-state index contributed by atoms with van der Waals surface area (Å²) in [7, 11) is 1.76. The fraction of sp³-hybridized carbons (Fsp3) is 0.562. The number of carbonyl (C=O) groups is 1. The summed E-state index contributed by atoms with van der Waals surface area (Å²) in [6.07, 6.45) is 0.263. The van der Waals surface area contributed by atoms with Gasteiger partial charge in [-0.15, -0.1) is 0 Å². The van der Waals surface area contributed by atoms with Gasteiger partial charge >= 0.3 is 0 Å². The molecule has 124 valence electrons. The van der Waals surface area contributed by atoms with Crippen LogP contribution in [0.1, 0.15) is 23.7 Å². The maximum absolute atomic E-state index is 12.7. The van der Waals surface area contributed by atoms with Crippen molar-refractivity contribution in [2.24, 2.45) is 7.05 Å². The van der Waals surface area contributed by atoms with E-state index in [0.29, 0.717) is 30.8 Å². The molecule has 7 nitrogen and oxygen atoms in total. The highest BCUT2D eigenvalue weighted by atomic mass is 16.5. The Hall–Kier alpha value is -2.15. The minimum absolute atomic E-state index is 0.0560. The van der Waals surface area contributed by atoms with Crippen LogP contribution in [0.15, 0.2) is 4.79 Å².